The zero-order chi connectivity index (χ0) is 15.2. The first-order chi connectivity index (χ1) is 10.1. The second kappa shape index (κ2) is 7.42. The minimum Gasteiger partial charge on any atom is -0.383 e. The number of ether oxygens (including phenoxy) is 1. The summed E-state index contributed by atoms with van der Waals surface area (Å²) in [5.41, 5.74) is 5.64. The zero-order valence-electron chi connectivity index (χ0n) is 12.8. The average molecular weight is 295 g/mol. The number of nitrogens with zero attached hydrogens (tertiary/aromatic N) is 3. The van der Waals surface area contributed by atoms with Gasteiger partial charge in [-0.05, 0) is 25.8 Å². The van der Waals surface area contributed by atoms with Gasteiger partial charge in [-0.15, -0.1) is 0 Å². The number of nitrogens with one attached hydrogen (secondary N) is 1. The lowest BCUT2D eigenvalue weighted by atomic mass is 10.1. The molecule has 0 saturated carbocycles. The molecule has 7 nitrogen and oxygen atoms in total. The molecule has 0 spiro atoms. The van der Waals surface area contributed by atoms with Crippen LogP contribution in [0.4, 0.5) is 5.82 Å². The van der Waals surface area contributed by atoms with Crippen LogP contribution in [0.5, 0.6) is 0 Å². The van der Waals surface area contributed by atoms with Crippen LogP contribution in [-0.4, -0.2) is 60.0 Å². The molecule has 1 aromatic rings. The van der Waals surface area contributed by atoms with Gasteiger partial charge >= 0.3 is 0 Å². The SMILES string of the molecule is COCC(C)NC(=O)CN1CCC(n2ccc(N)n2)CC1. The van der Waals surface area contributed by atoms with Gasteiger partial charge in [-0.25, -0.2) is 0 Å². The highest BCUT2D eigenvalue weighted by atomic mass is 16.5. The van der Waals surface area contributed by atoms with Gasteiger partial charge < -0.3 is 15.8 Å². The summed E-state index contributed by atoms with van der Waals surface area (Å²) >= 11 is 0. The maximum absolute atomic E-state index is 11.9. The van der Waals surface area contributed by atoms with Crippen LogP contribution in [0.25, 0.3) is 0 Å². The molecule has 0 aliphatic carbocycles. The van der Waals surface area contributed by atoms with E-state index >= 15 is 0 Å². The quantitative estimate of drug-likeness (QED) is 0.786. The molecule has 1 amide bonds. The first kappa shape index (κ1) is 15.8. The van der Waals surface area contributed by atoms with Gasteiger partial charge in [0.25, 0.3) is 0 Å². The largest absolute Gasteiger partial charge is 0.383 e. The van der Waals surface area contributed by atoms with Crippen molar-refractivity contribution in [2.45, 2.75) is 31.8 Å². The highest BCUT2D eigenvalue weighted by Crippen LogP contribution is 2.21. The Hall–Kier alpha value is -1.60. The van der Waals surface area contributed by atoms with E-state index in [1.165, 1.54) is 0 Å². The van der Waals surface area contributed by atoms with E-state index in [4.69, 9.17) is 10.5 Å². The van der Waals surface area contributed by atoms with Crippen molar-refractivity contribution in [2.24, 2.45) is 0 Å². The van der Waals surface area contributed by atoms with E-state index in [2.05, 4.69) is 15.3 Å². The Morgan fingerprint density at radius 3 is 2.86 bits per heavy atom. The molecule has 1 atom stereocenters. The highest BCUT2D eigenvalue weighted by molar-refractivity contribution is 5.78. The van der Waals surface area contributed by atoms with Crippen molar-refractivity contribution in [1.82, 2.24) is 20.0 Å². The fourth-order valence-corrected chi connectivity index (χ4v) is 2.71. The third-order valence-corrected chi connectivity index (χ3v) is 3.75. The molecule has 0 aromatic carbocycles. The van der Waals surface area contributed by atoms with E-state index in [0.29, 0.717) is 25.0 Å². The van der Waals surface area contributed by atoms with Crippen LogP contribution in [-0.2, 0) is 9.53 Å². The molecule has 1 fully saturated rings. The van der Waals surface area contributed by atoms with Gasteiger partial charge in [-0.2, -0.15) is 5.10 Å². The van der Waals surface area contributed by atoms with Crippen molar-refractivity contribution in [3.63, 3.8) is 0 Å². The number of carbonyl (C=O) groups excluding carboxylic acids is 1. The van der Waals surface area contributed by atoms with Gasteiger partial charge in [0.05, 0.1) is 19.2 Å². The number of aromatic nitrogens is 2. The number of amides is 1. The molecule has 118 valence electrons. The van der Waals surface area contributed by atoms with Gasteiger partial charge in [-0.3, -0.25) is 14.4 Å². The molecule has 1 aromatic heterocycles. The Bertz CT molecular complexity index is 454. The van der Waals surface area contributed by atoms with E-state index in [-0.39, 0.29) is 11.9 Å². The number of carbonyl (C=O) groups is 1. The number of methoxy groups -OCH3 is 1. The number of hydrogen-bond donors (Lipinski definition) is 2. The van der Waals surface area contributed by atoms with Crippen molar-refractivity contribution in [1.29, 1.82) is 0 Å². The smallest absolute Gasteiger partial charge is 0.234 e. The molecule has 1 saturated heterocycles. The number of hydrogen-bond acceptors (Lipinski definition) is 5. The van der Waals surface area contributed by atoms with Crippen LogP contribution >= 0.6 is 0 Å². The Kier molecular flexibility index (Phi) is 5.58. The fourth-order valence-electron chi connectivity index (χ4n) is 2.71. The zero-order valence-corrected chi connectivity index (χ0v) is 12.8. The van der Waals surface area contributed by atoms with E-state index in [1.807, 2.05) is 23.9 Å². The van der Waals surface area contributed by atoms with Crippen molar-refractivity contribution >= 4 is 11.7 Å². The molecule has 3 N–H and O–H groups in total. The summed E-state index contributed by atoms with van der Waals surface area (Å²) in [7, 11) is 1.63. The van der Waals surface area contributed by atoms with Crippen molar-refractivity contribution < 1.29 is 9.53 Å². The van der Waals surface area contributed by atoms with Gasteiger partial charge in [-0.1, -0.05) is 0 Å². The monoisotopic (exact) mass is 295 g/mol. The van der Waals surface area contributed by atoms with Crippen molar-refractivity contribution in [3.8, 4) is 0 Å². The number of piperidine rings is 1. The number of likely N-dealkylation sites (tertiary alicyclic amines) is 1. The second-order valence-corrected chi connectivity index (χ2v) is 5.65. The molecule has 0 radical (unpaired) electrons. The molecular weight excluding hydrogens is 270 g/mol. The van der Waals surface area contributed by atoms with Crippen molar-refractivity contribution in [2.75, 3.05) is 39.1 Å². The number of anilines is 1. The van der Waals surface area contributed by atoms with E-state index in [1.54, 1.807) is 7.11 Å². The summed E-state index contributed by atoms with van der Waals surface area (Å²) in [5, 5.41) is 7.20. The molecular formula is C14H25N5O2. The summed E-state index contributed by atoms with van der Waals surface area (Å²) in [5.74, 6) is 0.616. The number of nitrogens with two attached hydrogens (primary N) is 1. The average Bonchev–Trinajstić information content (AvgIpc) is 2.86. The first-order valence-corrected chi connectivity index (χ1v) is 7.39. The lowest BCUT2D eigenvalue weighted by Gasteiger charge is -2.31. The predicted octanol–water partition coefficient (Wildman–Crippen LogP) is 0.253. The molecule has 2 rings (SSSR count). The summed E-state index contributed by atoms with van der Waals surface area (Å²) in [4.78, 5) is 14.1. The Labute approximate surface area is 125 Å². The van der Waals surface area contributed by atoms with E-state index < -0.39 is 0 Å². The first-order valence-electron chi connectivity index (χ1n) is 7.39. The minimum absolute atomic E-state index is 0.0482. The molecule has 2 heterocycles. The van der Waals surface area contributed by atoms with Gasteiger partial charge in [0, 0.05) is 32.4 Å². The minimum atomic E-state index is 0.0482. The second-order valence-electron chi connectivity index (χ2n) is 5.65. The maximum atomic E-state index is 11.9. The van der Waals surface area contributed by atoms with Crippen LogP contribution < -0.4 is 11.1 Å². The third kappa shape index (κ3) is 4.71. The summed E-state index contributed by atoms with van der Waals surface area (Å²) in [6.07, 6.45) is 3.90. The van der Waals surface area contributed by atoms with E-state index in [0.717, 1.165) is 25.9 Å². The van der Waals surface area contributed by atoms with Crippen molar-refractivity contribution in [3.05, 3.63) is 12.3 Å². The molecule has 1 aliphatic rings. The molecule has 21 heavy (non-hydrogen) atoms. The maximum Gasteiger partial charge on any atom is 0.234 e. The number of nitrogen functional groups attached to an aromatic ring is 1. The summed E-state index contributed by atoms with van der Waals surface area (Å²) < 4.78 is 6.95. The van der Waals surface area contributed by atoms with Gasteiger partial charge in [0.1, 0.15) is 5.82 Å². The van der Waals surface area contributed by atoms with Gasteiger partial charge in [0.2, 0.25) is 5.91 Å². The molecule has 0 bridgehead atoms. The standard InChI is InChI=1S/C14H25N5O2/c1-11(10-21-2)16-14(20)9-18-6-3-12(4-7-18)19-8-5-13(15)17-19/h5,8,11-12H,3-4,6-7,9-10H2,1-2H3,(H2,15,17)(H,16,20). The highest BCUT2D eigenvalue weighted by Gasteiger charge is 2.22. The lowest BCUT2D eigenvalue weighted by molar-refractivity contribution is -0.123. The van der Waals surface area contributed by atoms with Crippen LogP contribution in [0.3, 0.4) is 0 Å². The summed E-state index contributed by atoms with van der Waals surface area (Å²) in [6.45, 7) is 4.72. The lowest BCUT2D eigenvalue weighted by Crippen LogP contribution is -2.45. The number of rotatable bonds is 6. The van der Waals surface area contributed by atoms with Crippen LogP contribution in [0.1, 0.15) is 25.8 Å². The third-order valence-electron chi connectivity index (χ3n) is 3.75. The van der Waals surface area contributed by atoms with Crippen LogP contribution in [0.15, 0.2) is 12.3 Å². The fraction of sp³-hybridized carbons (Fsp3) is 0.714. The van der Waals surface area contributed by atoms with Crippen LogP contribution in [0.2, 0.25) is 0 Å². The molecule has 1 unspecified atom stereocenters. The molecule has 7 heteroatoms. The molecule has 1 aliphatic heterocycles. The van der Waals surface area contributed by atoms with Gasteiger partial charge in [0.15, 0.2) is 0 Å². The Balaban J connectivity index is 1.72. The Morgan fingerprint density at radius 2 is 2.29 bits per heavy atom. The van der Waals surface area contributed by atoms with Crippen LogP contribution in [0, 0.1) is 0 Å². The summed E-state index contributed by atoms with van der Waals surface area (Å²) in [6, 6.07) is 2.25. The topological polar surface area (TPSA) is 85.4 Å². The Morgan fingerprint density at radius 1 is 1.57 bits per heavy atom. The predicted molar refractivity (Wildman–Crippen MR) is 80.8 cm³/mol. The normalized spacial score (nSPS) is 18.6. The van der Waals surface area contributed by atoms with E-state index in [9.17, 15) is 4.79 Å².